The zero-order valence-electron chi connectivity index (χ0n) is 13.9. The van der Waals surface area contributed by atoms with Crippen LogP contribution in [0.3, 0.4) is 0 Å². The third-order valence-corrected chi connectivity index (χ3v) is 4.16. The molecule has 1 aromatic heterocycles. The third kappa shape index (κ3) is 3.10. The molecular weight excluding hydrogens is 308 g/mol. The average molecular weight is 328 g/mol. The Labute approximate surface area is 140 Å². The van der Waals surface area contributed by atoms with Crippen molar-refractivity contribution in [2.75, 3.05) is 18.9 Å². The van der Waals surface area contributed by atoms with Gasteiger partial charge in [0.25, 0.3) is 11.8 Å². The second-order valence-electron chi connectivity index (χ2n) is 5.93. The van der Waals surface area contributed by atoms with Crippen LogP contribution in [0.5, 0.6) is 5.75 Å². The van der Waals surface area contributed by atoms with Crippen LogP contribution >= 0.6 is 0 Å². The second-order valence-corrected chi connectivity index (χ2v) is 5.93. The lowest BCUT2D eigenvalue weighted by atomic mass is 10.2. The van der Waals surface area contributed by atoms with E-state index in [4.69, 9.17) is 4.74 Å². The Bertz CT molecular complexity index is 784. The number of hydrogen-bond acceptors (Lipinski definition) is 4. The number of anilines is 1. The number of nitrogens with one attached hydrogen (secondary N) is 1. The number of benzene rings is 1. The van der Waals surface area contributed by atoms with Crippen LogP contribution in [0.2, 0.25) is 0 Å². The van der Waals surface area contributed by atoms with Crippen molar-refractivity contribution in [1.29, 1.82) is 0 Å². The zero-order chi connectivity index (χ0) is 17.3. The van der Waals surface area contributed by atoms with Crippen LogP contribution in [0.1, 0.15) is 22.5 Å². The molecule has 2 heterocycles. The van der Waals surface area contributed by atoms with Gasteiger partial charge in [0.05, 0.1) is 0 Å². The summed E-state index contributed by atoms with van der Waals surface area (Å²) in [6, 6.07) is 7.02. The van der Waals surface area contributed by atoms with Crippen LogP contribution < -0.4 is 10.1 Å². The van der Waals surface area contributed by atoms with Crippen LogP contribution in [0, 0.1) is 6.92 Å². The number of aromatic nitrogens is 2. The fourth-order valence-corrected chi connectivity index (χ4v) is 2.70. The number of carbonyl (C=O) groups is 2. The zero-order valence-corrected chi connectivity index (χ0v) is 13.9. The van der Waals surface area contributed by atoms with Gasteiger partial charge in [0, 0.05) is 38.9 Å². The molecule has 0 bridgehead atoms. The van der Waals surface area contributed by atoms with E-state index in [9.17, 15) is 9.59 Å². The van der Waals surface area contributed by atoms with Gasteiger partial charge >= 0.3 is 0 Å². The predicted octanol–water partition coefficient (Wildman–Crippen LogP) is 1.59. The van der Waals surface area contributed by atoms with Crippen molar-refractivity contribution in [1.82, 2.24) is 14.7 Å². The Morgan fingerprint density at radius 2 is 2.12 bits per heavy atom. The molecule has 0 spiro atoms. The smallest absolute Gasteiger partial charge is 0.273 e. The van der Waals surface area contributed by atoms with Crippen LogP contribution in [0.4, 0.5) is 5.69 Å². The fraction of sp³-hybridized carbons (Fsp3) is 0.353. The highest BCUT2D eigenvalue weighted by molar-refractivity contribution is 6.03. The monoisotopic (exact) mass is 328 g/mol. The first-order valence-corrected chi connectivity index (χ1v) is 7.77. The third-order valence-electron chi connectivity index (χ3n) is 4.16. The van der Waals surface area contributed by atoms with Crippen molar-refractivity contribution in [3.05, 3.63) is 41.7 Å². The number of ether oxygens (including phenoxy) is 1. The maximum atomic E-state index is 12.2. The maximum Gasteiger partial charge on any atom is 0.273 e. The minimum atomic E-state index is -0.427. The summed E-state index contributed by atoms with van der Waals surface area (Å²) in [4.78, 5) is 25.8. The summed E-state index contributed by atoms with van der Waals surface area (Å²) in [5.41, 5.74) is 2.04. The van der Waals surface area contributed by atoms with Gasteiger partial charge in [-0.05, 0) is 36.8 Å². The molecule has 2 amide bonds. The van der Waals surface area contributed by atoms with Crippen LogP contribution in [0.15, 0.2) is 30.5 Å². The van der Waals surface area contributed by atoms with E-state index in [1.165, 1.54) is 4.68 Å². The van der Waals surface area contributed by atoms with Crippen LogP contribution in [-0.2, 0) is 11.8 Å². The topological polar surface area (TPSA) is 76.5 Å². The molecule has 7 heteroatoms. The first kappa shape index (κ1) is 16.0. The van der Waals surface area contributed by atoms with E-state index in [0.29, 0.717) is 30.1 Å². The number of carbonyl (C=O) groups excluding carboxylic acids is 2. The van der Waals surface area contributed by atoms with Crippen molar-refractivity contribution in [2.24, 2.45) is 7.05 Å². The van der Waals surface area contributed by atoms with Crippen LogP contribution in [-0.4, -0.2) is 46.2 Å². The molecule has 1 aromatic carbocycles. The number of amides is 2. The number of hydrogen-bond donors (Lipinski definition) is 1. The van der Waals surface area contributed by atoms with Crippen molar-refractivity contribution in [2.45, 2.75) is 19.4 Å². The molecule has 0 saturated carbocycles. The van der Waals surface area contributed by atoms with E-state index in [2.05, 4.69) is 10.4 Å². The minimum Gasteiger partial charge on any atom is -0.481 e. The maximum absolute atomic E-state index is 12.2. The van der Waals surface area contributed by atoms with Crippen molar-refractivity contribution in [3.8, 4) is 5.75 Å². The molecule has 2 aromatic rings. The number of rotatable bonds is 4. The molecule has 1 N–H and O–H groups in total. The average Bonchev–Trinajstić information content (AvgIpc) is 3.10. The van der Waals surface area contributed by atoms with Crippen molar-refractivity contribution in [3.63, 3.8) is 0 Å². The lowest BCUT2D eigenvalue weighted by Gasteiger charge is -2.15. The van der Waals surface area contributed by atoms with Crippen molar-refractivity contribution < 1.29 is 14.3 Å². The highest BCUT2D eigenvalue weighted by Gasteiger charge is 2.30. The Balaban J connectivity index is 1.70. The van der Waals surface area contributed by atoms with Gasteiger partial charge in [-0.25, -0.2) is 0 Å². The molecular formula is C17H20N4O3. The van der Waals surface area contributed by atoms with Gasteiger partial charge < -0.3 is 15.0 Å². The summed E-state index contributed by atoms with van der Waals surface area (Å²) < 4.78 is 7.29. The molecule has 126 valence electrons. The molecule has 3 rings (SSSR count). The Kier molecular flexibility index (Phi) is 4.24. The number of aryl methyl sites for hydroxylation is 2. The lowest BCUT2D eigenvalue weighted by Crippen LogP contribution is -2.29. The summed E-state index contributed by atoms with van der Waals surface area (Å²) in [6.45, 7) is 2.59. The van der Waals surface area contributed by atoms with E-state index in [0.717, 1.165) is 5.56 Å². The summed E-state index contributed by atoms with van der Waals surface area (Å²) >= 11 is 0. The number of likely N-dealkylation sites (N-methyl/N-ethyl adjacent to an activating group) is 1. The predicted molar refractivity (Wildman–Crippen MR) is 89.0 cm³/mol. The normalized spacial score (nSPS) is 17.2. The summed E-state index contributed by atoms with van der Waals surface area (Å²) in [5.74, 6) is 0.403. The van der Waals surface area contributed by atoms with Gasteiger partial charge in [-0.3, -0.25) is 14.3 Å². The molecule has 1 aliphatic heterocycles. The van der Waals surface area contributed by atoms with Crippen molar-refractivity contribution >= 4 is 17.5 Å². The van der Waals surface area contributed by atoms with E-state index < -0.39 is 6.10 Å². The van der Waals surface area contributed by atoms with E-state index in [1.54, 1.807) is 43.4 Å². The van der Waals surface area contributed by atoms with Gasteiger partial charge in [-0.1, -0.05) is 0 Å². The van der Waals surface area contributed by atoms with Gasteiger partial charge in [-0.2, -0.15) is 5.10 Å². The van der Waals surface area contributed by atoms with Gasteiger partial charge in [0.2, 0.25) is 0 Å². The molecule has 1 fully saturated rings. The summed E-state index contributed by atoms with van der Waals surface area (Å²) in [5, 5.41) is 6.85. The van der Waals surface area contributed by atoms with E-state index in [1.807, 2.05) is 13.0 Å². The SMILES string of the molecule is Cc1cc(OC2CCN(C)C2=O)ccc1NC(=O)c1ccnn1C. The Morgan fingerprint density at radius 3 is 2.71 bits per heavy atom. The molecule has 0 aliphatic carbocycles. The summed E-state index contributed by atoms with van der Waals surface area (Å²) in [7, 11) is 3.49. The first-order chi connectivity index (χ1) is 11.5. The van der Waals surface area contributed by atoms with E-state index in [-0.39, 0.29) is 11.8 Å². The molecule has 1 aliphatic rings. The highest BCUT2D eigenvalue weighted by Crippen LogP contribution is 2.24. The lowest BCUT2D eigenvalue weighted by molar-refractivity contribution is -0.132. The summed E-state index contributed by atoms with van der Waals surface area (Å²) in [6.07, 6.45) is 1.84. The number of likely N-dealkylation sites (tertiary alicyclic amines) is 1. The first-order valence-electron chi connectivity index (χ1n) is 7.77. The molecule has 1 unspecified atom stereocenters. The molecule has 24 heavy (non-hydrogen) atoms. The largest absolute Gasteiger partial charge is 0.481 e. The standard InChI is InChI=1S/C17H20N4O3/c1-11-10-12(24-15-7-9-20(2)17(15)23)4-5-13(11)19-16(22)14-6-8-18-21(14)3/h4-6,8,10,15H,7,9H2,1-3H3,(H,19,22). The molecule has 1 atom stereocenters. The van der Waals surface area contributed by atoms with E-state index >= 15 is 0 Å². The quantitative estimate of drug-likeness (QED) is 0.925. The van der Waals surface area contributed by atoms with Gasteiger partial charge in [-0.15, -0.1) is 0 Å². The molecule has 7 nitrogen and oxygen atoms in total. The molecule has 0 radical (unpaired) electrons. The fourth-order valence-electron chi connectivity index (χ4n) is 2.70. The highest BCUT2D eigenvalue weighted by atomic mass is 16.5. The molecule has 1 saturated heterocycles. The Hall–Kier alpha value is -2.83. The number of nitrogens with zero attached hydrogens (tertiary/aromatic N) is 3. The minimum absolute atomic E-state index is 0.00115. The van der Waals surface area contributed by atoms with Gasteiger partial charge in [0.15, 0.2) is 6.10 Å². The van der Waals surface area contributed by atoms with Crippen LogP contribution in [0.25, 0.3) is 0 Å². The second kappa shape index (κ2) is 6.35. The van der Waals surface area contributed by atoms with Gasteiger partial charge in [0.1, 0.15) is 11.4 Å². The Morgan fingerprint density at radius 1 is 1.33 bits per heavy atom.